The predicted molar refractivity (Wildman–Crippen MR) is 90.3 cm³/mol. The Hall–Kier alpha value is -1.16. The molecule has 2 N–H and O–H groups in total. The highest BCUT2D eigenvalue weighted by Crippen LogP contribution is 2.31. The highest BCUT2D eigenvalue weighted by Gasteiger charge is 2.31. The minimum atomic E-state index is 0.121. The van der Waals surface area contributed by atoms with Crippen LogP contribution in [0.4, 0.5) is 0 Å². The van der Waals surface area contributed by atoms with E-state index in [4.69, 9.17) is 5.73 Å². The van der Waals surface area contributed by atoms with Crippen molar-refractivity contribution >= 4 is 11.3 Å². The van der Waals surface area contributed by atoms with Gasteiger partial charge in [0.1, 0.15) is 0 Å². The molecule has 0 aliphatic heterocycles. The molecule has 1 saturated carbocycles. The lowest BCUT2D eigenvalue weighted by atomic mass is 9.95. The monoisotopic (exact) mass is 300 g/mol. The van der Waals surface area contributed by atoms with Crippen LogP contribution in [-0.2, 0) is 6.54 Å². The lowest BCUT2D eigenvalue weighted by Crippen LogP contribution is -2.34. The molecule has 1 aromatic carbocycles. The van der Waals surface area contributed by atoms with Gasteiger partial charge in [-0.3, -0.25) is 4.90 Å². The van der Waals surface area contributed by atoms with E-state index in [0.29, 0.717) is 5.92 Å². The first-order chi connectivity index (χ1) is 10.2. The molecule has 0 amide bonds. The molecule has 1 aromatic heterocycles. The molecule has 1 heterocycles. The average molecular weight is 300 g/mol. The van der Waals surface area contributed by atoms with Crippen LogP contribution in [0, 0.1) is 5.92 Å². The van der Waals surface area contributed by atoms with Gasteiger partial charge in [0.25, 0.3) is 0 Å². The van der Waals surface area contributed by atoms with Crippen molar-refractivity contribution in [1.29, 1.82) is 0 Å². The summed E-state index contributed by atoms with van der Waals surface area (Å²) >= 11 is 1.86. The smallest absolute Gasteiger partial charge is 0.0333 e. The lowest BCUT2D eigenvalue weighted by Gasteiger charge is -2.28. The molecule has 21 heavy (non-hydrogen) atoms. The van der Waals surface area contributed by atoms with Gasteiger partial charge >= 0.3 is 0 Å². The van der Waals surface area contributed by atoms with E-state index in [9.17, 15) is 0 Å². The zero-order valence-electron chi connectivity index (χ0n) is 12.6. The Morgan fingerprint density at radius 1 is 1.19 bits per heavy atom. The molecule has 2 nitrogen and oxygen atoms in total. The fourth-order valence-corrected chi connectivity index (χ4v) is 3.60. The first-order valence-corrected chi connectivity index (χ1v) is 8.69. The van der Waals surface area contributed by atoms with Crippen LogP contribution in [0.15, 0.2) is 47.8 Å². The van der Waals surface area contributed by atoms with Gasteiger partial charge in [0, 0.05) is 30.1 Å². The molecule has 0 radical (unpaired) electrons. The van der Waals surface area contributed by atoms with Crippen LogP contribution < -0.4 is 5.73 Å². The van der Waals surface area contributed by atoms with Crippen molar-refractivity contribution in [2.45, 2.75) is 38.4 Å². The van der Waals surface area contributed by atoms with E-state index in [-0.39, 0.29) is 6.04 Å². The number of hydrogen-bond acceptors (Lipinski definition) is 3. The van der Waals surface area contributed by atoms with Gasteiger partial charge < -0.3 is 5.73 Å². The molecule has 2 atom stereocenters. The Balaban J connectivity index is 1.62. The Morgan fingerprint density at radius 3 is 2.57 bits per heavy atom. The second-order valence-corrected chi connectivity index (χ2v) is 7.19. The Kier molecular flexibility index (Phi) is 4.73. The van der Waals surface area contributed by atoms with Crippen molar-refractivity contribution in [3.8, 4) is 0 Å². The zero-order valence-corrected chi connectivity index (χ0v) is 13.4. The fraction of sp³-hybridized carbons (Fsp3) is 0.444. The molecule has 3 rings (SSSR count). The number of nitrogens with two attached hydrogens (primary N) is 1. The normalized spacial score (nSPS) is 17.9. The number of benzene rings is 1. The summed E-state index contributed by atoms with van der Waals surface area (Å²) in [5.74, 6) is 0.466. The molecule has 3 heteroatoms. The van der Waals surface area contributed by atoms with E-state index in [1.807, 2.05) is 17.4 Å². The van der Waals surface area contributed by atoms with Crippen LogP contribution in [0.25, 0.3) is 0 Å². The van der Waals surface area contributed by atoms with Gasteiger partial charge in [-0.25, -0.2) is 0 Å². The maximum absolute atomic E-state index is 6.46. The number of hydrogen-bond donors (Lipinski definition) is 1. The van der Waals surface area contributed by atoms with Crippen LogP contribution in [0.1, 0.15) is 36.2 Å². The second kappa shape index (κ2) is 6.73. The highest BCUT2D eigenvalue weighted by molar-refractivity contribution is 7.09. The summed E-state index contributed by atoms with van der Waals surface area (Å²) in [6.45, 7) is 4.44. The van der Waals surface area contributed by atoms with Crippen LogP contribution in [-0.4, -0.2) is 17.5 Å². The van der Waals surface area contributed by atoms with Crippen LogP contribution in [0.2, 0.25) is 0 Å². The van der Waals surface area contributed by atoms with Crippen molar-refractivity contribution in [3.05, 3.63) is 58.3 Å². The first-order valence-electron chi connectivity index (χ1n) is 7.81. The standard InChI is InChI=1S/C18H24N2S/c1-14(18(19)15-6-3-2-4-7-15)12-20(16-9-10-16)13-17-8-5-11-21-17/h2-8,11,14,16,18H,9-10,12-13,19H2,1H3. The highest BCUT2D eigenvalue weighted by atomic mass is 32.1. The first kappa shape index (κ1) is 14.8. The third kappa shape index (κ3) is 3.94. The van der Waals surface area contributed by atoms with Gasteiger partial charge in [-0.05, 0) is 35.8 Å². The zero-order chi connectivity index (χ0) is 14.7. The topological polar surface area (TPSA) is 29.3 Å². The maximum atomic E-state index is 6.46. The van der Waals surface area contributed by atoms with Gasteiger partial charge in [0.2, 0.25) is 0 Å². The molecular weight excluding hydrogens is 276 g/mol. The van der Waals surface area contributed by atoms with Crippen molar-refractivity contribution in [2.75, 3.05) is 6.54 Å². The summed E-state index contributed by atoms with van der Waals surface area (Å²) in [6.07, 6.45) is 2.69. The Labute approximate surface area is 131 Å². The van der Waals surface area contributed by atoms with Crippen molar-refractivity contribution in [2.24, 2.45) is 11.7 Å². The quantitative estimate of drug-likeness (QED) is 0.836. The van der Waals surface area contributed by atoms with Gasteiger partial charge in [-0.1, -0.05) is 43.3 Å². The van der Waals surface area contributed by atoms with E-state index in [2.05, 4.69) is 53.6 Å². The third-order valence-electron chi connectivity index (χ3n) is 4.32. The summed E-state index contributed by atoms with van der Waals surface area (Å²) in [5.41, 5.74) is 7.70. The number of nitrogens with zero attached hydrogens (tertiary/aromatic N) is 1. The Bertz CT molecular complexity index is 534. The predicted octanol–water partition coefficient (Wildman–Crippen LogP) is 4.05. The molecular formula is C18H24N2S. The summed E-state index contributed by atoms with van der Waals surface area (Å²) in [6, 6.07) is 15.8. The SMILES string of the molecule is CC(CN(Cc1cccs1)C1CC1)C(N)c1ccccc1. The summed E-state index contributed by atoms with van der Waals surface area (Å²) in [4.78, 5) is 4.08. The lowest BCUT2D eigenvalue weighted by molar-refractivity contribution is 0.207. The third-order valence-corrected chi connectivity index (χ3v) is 5.18. The molecule has 1 fully saturated rings. The van der Waals surface area contributed by atoms with E-state index in [1.54, 1.807) is 0 Å². The molecule has 2 aromatic rings. The molecule has 0 saturated heterocycles. The van der Waals surface area contributed by atoms with Crippen LogP contribution >= 0.6 is 11.3 Å². The van der Waals surface area contributed by atoms with E-state index < -0.39 is 0 Å². The summed E-state index contributed by atoms with van der Waals surface area (Å²) < 4.78 is 0. The largest absolute Gasteiger partial charge is 0.324 e. The molecule has 1 aliphatic carbocycles. The molecule has 1 aliphatic rings. The minimum absolute atomic E-state index is 0.121. The molecule has 0 bridgehead atoms. The summed E-state index contributed by atoms with van der Waals surface area (Å²) in [5, 5.41) is 2.17. The Morgan fingerprint density at radius 2 is 1.95 bits per heavy atom. The molecule has 0 spiro atoms. The molecule has 112 valence electrons. The van der Waals surface area contributed by atoms with Crippen LogP contribution in [0.5, 0.6) is 0 Å². The second-order valence-electron chi connectivity index (χ2n) is 6.15. The molecule has 2 unspecified atom stereocenters. The van der Waals surface area contributed by atoms with Gasteiger partial charge in [-0.2, -0.15) is 0 Å². The number of rotatable bonds is 7. The van der Waals surface area contributed by atoms with Crippen molar-refractivity contribution in [3.63, 3.8) is 0 Å². The van der Waals surface area contributed by atoms with E-state index >= 15 is 0 Å². The van der Waals surface area contributed by atoms with E-state index in [0.717, 1.165) is 19.1 Å². The van der Waals surface area contributed by atoms with Crippen molar-refractivity contribution < 1.29 is 0 Å². The summed E-state index contributed by atoms with van der Waals surface area (Å²) in [7, 11) is 0. The van der Waals surface area contributed by atoms with Crippen molar-refractivity contribution in [1.82, 2.24) is 4.90 Å². The van der Waals surface area contributed by atoms with Gasteiger partial charge in [0.15, 0.2) is 0 Å². The number of thiophene rings is 1. The van der Waals surface area contributed by atoms with E-state index in [1.165, 1.54) is 23.3 Å². The fourth-order valence-electron chi connectivity index (χ4n) is 2.87. The van der Waals surface area contributed by atoms with Gasteiger partial charge in [-0.15, -0.1) is 11.3 Å². The van der Waals surface area contributed by atoms with Crippen LogP contribution in [0.3, 0.4) is 0 Å². The maximum Gasteiger partial charge on any atom is 0.0333 e. The average Bonchev–Trinajstić information content (AvgIpc) is 3.24. The minimum Gasteiger partial charge on any atom is -0.324 e. The van der Waals surface area contributed by atoms with Gasteiger partial charge in [0.05, 0.1) is 0 Å².